The van der Waals surface area contributed by atoms with Crippen molar-refractivity contribution in [3.05, 3.63) is 93.2 Å². The molecule has 0 bridgehead atoms. The molecule has 11 heteroatoms. The Bertz CT molecular complexity index is 1280. The first-order valence-corrected chi connectivity index (χ1v) is 11.2. The van der Waals surface area contributed by atoms with E-state index >= 15 is 0 Å². The largest absolute Gasteiger partial charge is 0.323 e. The van der Waals surface area contributed by atoms with Gasteiger partial charge in [-0.2, -0.15) is 0 Å². The van der Waals surface area contributed by atoms with Gasteiger partial charge in [0.15, 0.2) is 0 Å². The predicted molar refractivity (Wildman–Crippen MR) is 126 cm³/mol. The maximum Gasteiger partial charge on any atom is 0.258 e. The van der Waals surface area contributed by atoms with Crippen LogP contribution in [0.1, 0.15) is 21.8 Å². The van der Waals surface area contributed by atoms with Crippen molar-refractivity contribution in [2.75, 3.05) is 10.6 Å². The van der Waals surface area contributed by atoms with Crippen molar-refractivity contribution >= 4 is 69.6 Å². The molecule has 2 unspecified atom stereocenters. The van der Waals surface area contributed by atoms with Crippen LogP contribution in [0, 0.1) is 23.4 Å². The van der Waals surface area contributed by atoms with E-state index in [1.807, 2.05) is 0 Å². The fourth-order valence-electron chi connectivity index (χ4n) is 3.58. The molecule has 1 aliphatic rings. The molecule has 1 aliphatic carbocycles. The highest BCUT2D eigenvalue weighted by Crippen LogP contribution is 2.65. The van der Waals surface area contributed by atoms with Crippen LogP contribution in [0.5, 0.6) is 0 Å². The number of alkyl halides is 2. The second-order valence-corrected chi connectivity index (χ2v) is 9.91. The average Bonchev–Trinajstić information content (AvgIpc) is 3.33. The summed E-state index contributed by atoms with van der Waals surface area (Å²) < 4.78 is 40.2. The molecule has 0 heterocycles. The van der Waals surface area contributed by atoms with Gasteiger partial charge in [0.05, 0.1) is 17.2 Å². The molecule has 0 radical (unpaired) electrons. The highest BCUT2D eigenvalue weighted by atomic mass is 35.5. The summed E-state index contributed by atoms with van der Waals surface area (Å²) in [5.41, 5.74) is -0.287. The first-order valence-electron chi connectivity index (χ1n) is 9.68. The van der Waals surface area contributed by atoms with Crippen LogP contribution >= 0.6 is 46.4 Å². The minimum atomic E-state index is -1.52. The Balaban J connectivity index is 1.55. The first-order chi connectivity index (χ1) is 16.0. The van der Waals surface area contributed by atoms with Crippen LogP contribution in [0.2, 0.25) is 10.0 Å². The molecule has 0 aromatic heterocycles. The van der Waals surface area contributed by atoms with E-state index in [-0.39, 0.29) is 5.69 Å². The van der Waals surface area contributed by atoms with Crippen LogP contribution < -0.4 is 10.6 Å². The van der Waals surface area contributed by atoms with Crippen molar-refractivity contribution in [2.45, 2.75) is 10.3 Å². The van der Waals surface area contributed by atoms with Crippen molar-refractivity contribution in [1.82, 2.24) is 0 Å². The Morgan fingerprint density at radius 3 is 2.06 bits per heavy atom. The third kappa shape index (κ3) is 4.98. The molecule has 3 aromatic rings. The van der Waals surface area contributed by atoms with E-state index in [0.717, 1.165) is 18.2 Å². The van der Waals surface area contributed by atoms with Crippen LogP contribution in [0.4, 0.5) is 24.5 Å². The highest BCUT2D eigenvalue weighted by Gasteiger charge is 2.67. The molecule has 4 rings (SSSR count). The van der Waals surface area contributed by atoms with Gasteiger partial charge in [-0.25, -0.2) is 13.2 Å². The summed E-state index contributed by atoms with van der Waals surface area (Å²) >= 11 is 24.6. The van der Waals surface area contributed by atoms with E-state index < -0.39 is 56.7 Å². The molecule has 3 aromatic carbocycles. The molecule has 176 valence electrons. The average molecular weight is 548 g/mol. The van der Waals surface area contributed by atoms with Crippen molar-refractivity contribution in [3.63, 3.8) is 0 Å². The summed E-state index contributed by atoms with van der Waals surface area (Å²) in [6.45, 7) is 0. The lowest BCUT2D eigenvalue weighted by Crippen LogP contribution is -2.20. The minimum absolute atomic E-state index is 0.191. The number of anilines is 2. The maximum absolute atomic E-state index is 14.4. The van der Waals surface area contributed by atoms with Gasteiger partial charge in [0, 0.05) is 27.7 Å². The molecule has 0 spiro atoms. The smallest absolute Gasteiger partial charge is 0.258 e. The third-order valence-corrected chi connectivity index (χ3v) is 6.62. The lowest BCUT2D eigenvalue weighted by Gasteiger charge is -2.11. The van der Waals surface area contributed by atoms with E-state index in [9.17, 15) is 22.8 Å². The van der Waals surface area contributed by atoms with Gasteiger partial charge in [-0.05, 0) is 54.1 Å². The SMILES string of the molecule is O=C(Nc1ccc(F)cc1)c1cc(NC(=O)C2C(c3cc(Cl)cc(Cl)c3)C2(Cl)Cl)c(F)cc1F. The lowest BCUT2D eigenvalue weighted by molar-refractivity contribution is -0.117. The van der Waals surface area contributed by atoms with Crippen molar-refractivity contribution in [2.24, 2.45) is 5.92 Å². The second-order valence-electron chi connectivity index (χ2n) is 7.59. The number of hydrogen-bond donors (Lipinski definition) is 2. The van der Waals surface area contributed by atoms with E-state index in [1.54, 1.807) is 12.1 Å². The number of amides is 2. The van der Waals surface area contributed by atoms with Crippen LogP contribution in [0.3, 0.4) is 0 Å². The number of carbonyl (C=O) groups excluding carboxylic acids is 2. The summed E-state index contributed by atoms with van der Waals surface area (Å²) in [5.74, 6) is -6.14. The maximum atomic E-state index is 14.4. The van der Waals surface area contributed by atoms with E-state index in [1.165, 1.54) is 18.2 Å². The summed E-state index contributed by atoms with van der Waals surface area (Å²) in [4.78, 5) is 25.3. The Labute approximate surface area is 211 Å². The number of benzene rings is 3. The van der Waals surface area contributed by atoms with Crippen molar-refractivity contribution in [1.29, 1.82) is 0 Å². The van der Waals surface area contributed by atoms with E-state index in [0.29, 0.717) is 21.7 Å². The highest BCUT2D eigenvalue weighted by molar-refractivity contribution is 6.53. The molecule has 1 fully saturated rings. The standard InChI is InChI=1S/C23H13Cl4F3N2O2/c24-11-5-10(6-12(25)7-11)19-20(23(19,26)27)22(34)32-18-8-15(16(29)9-17(18)30)21(33)31-14-3-1-13(28)2-4-14/h1-9,19-20H,(H,31,33)(H,32,34). The number of hydrogen-bond acceptors (Lipinski definition) is 2. The normalized spacial score (nSPS) is 18.3. The van der Waals surface area contributed by atoms with Gasteiger partial charge in [-0.3, -0.25) is 9.59 Å². The van der Waals surface area contributed by atoms with Gasteiger partial charge < -0.3 is 10.6 Å². The Morgan fingerprint density at radius 1 is 0.824 bits per heavy atom. The number of halogens is 7. The zero-order chi connectivity index (χ0) is 24.8. The van der Waals surface area contributed by atoms with Gasteiger partial charge in [0.25, 0.3) is 5.91 Å². The Kier molecular flexibility index (Phi) is 6.75. The molecule has 4 nitrogen and oxygen atoms in total. The fraction of sp³-hybridized carbons (Fsp3) is 0.130. The number of carbonyl (C=O) groups is 2. The summed E-state index contributed by atoms with van der Waals surface area (Å²) in [6.07, 6.45) is 0. The fourth-order valence-corrected chi connectivity index (χ4v) is 4.95. The van der Waals surface area contributed by atoms with Crippen LogP contribution in [-0.2, 0) is 4.79 Å². The van der Waals surface area contributed by atoms with Gasteiger partial charge in [-0.1, -0.05) is 23.2 Å². The van der Waals surface area contributed by atoms with Gasteiger partial charge in [0.1, 0.15) is 21.8 Å². The van der Waals surface area contributed by atoms with Crippen LogP contribution in [0.25, 0.3) is 0 Å². The molecule has 2 atom stereocenters. The molecule has 2 amide bonds. The summed E-state index contributed by atoms with van der Waals surface area (Å²) in [6, 6.07) is 10.7. The number of nitrogens with one attached hydrogen (secondary N) is 2. The predicted octanol–water partition coefficient (Wildman–Crippen LogP) is 7.19. The second kappa shape index (κ2) is 9.30. The van der Waals surface area contributed by atoms with Crippen LogP contribution in [-0.4, -0.2) is 16.1 Å². The van der Waals surface area contributed by atoms with E-state index in [2.05, 4.69) is 10.6 Å². The van der Waals surface area contributed by atoms with E-state index in [4.69, 9.17) is 46.4 Å². The lowest BCUT2D eigenvalue weighted by atomic mass is 10.1. The zero-order valence-corrected chi connectivity index (χ0v) is 19.8. The molecule has 1 saturated carbocycles. The Morgan fingerprint density at radius 2 is 1.44 bits per heavy atom. The molecule has 34 heavy (non-hydrogen) atoms. The molecular weight excluding hydrogens is 535 g/mol. The first kappa shape index (κ1) is 24.7. The number of rotatable bonds is 5. The topological polar surface area (TPSA) is 58.2 Å². The van der Waals surface area contributed by atoms with Gasteiger partial charge in [0.2, 0.25) is 5.91 Å². The third-order valence-electron chi connectivity index (χ3n) is 5.24. The molecule has 0 saturated heterocycles. The van der Waals surface area contributed by atoms with Crippen molar-refractivity contribution in [3.8, 4) is 0 Å². The Hall–Kier alpha value is -2.45. The molecule has 0 aliphatic heterocycles. The van der Waals surface area contributed by atoms with Gasteiger partial charge >= 0.3 is 0 Å². The summed E-state index contributed by atoms with van der Waals surface area (Å²) in [7, 11) is 0. The summed E-state index contributed by atoms with van der Waals surface area (Å²) in [5, 5.41) is 5.31. The zero-order valence-electron chi connectivity index (χ0n) is 16.8. The van der Waals surface area contributed by atoms with Crippen LogP contribution in [0.15, 0.2) is 54.6 Å². The molecule has 2 N–H and O–H groups in total. The quantitative estimate of drug-likeness (QED) is 0.332. The monoisotopic (exact) mass is 546 g/mol. The van der Waals surface area contributed by atoms with Crippen molar-refractivity contribution < 1.29 is 22.8 Å². The minimum Gasteiger partial charge on any atom is -0.323 e. The van der Waals surface area contributed by atoms with Gasteiger partial charge in [-0.15, -0.1) is 23.2 Å². The molecular formula is C23H13Cl4F3N2O2.